The predicted octanol–water partition coefficient (Wildman–Crippen LogP) is 5.49. The summed E-state index contributed by atoms with van der Waals surface area (Å²) < 4.78 is 40.8. The summed E-state index contributed by atoms with van der Waals surface area (Å²) in [6.45, 7) is 3.80. The Morgan fingerprint density at radius 1 is 1.14 bits per heavy atom. The van der Waals surface area contributed by atoms with Gasteiger partial charge in [-0.2, -0.15) is 0 Å². The van der Waals surface area contributed by atoms with E-state index in [1.54, 1.807) is 6.20 Å². The zero-order chi connectivity index (χ0) is 20.1. The molecule has 2 aromatic rings. The number of ether oxygens (including phenoxy) is 1. The molecule has 150 valence electrons. The Labute approximate surface area is 162 Å². The van der Waals surface area contributed by atoms with Gasteiger partial charge in [0.2, 0.25) is 0 Å². The molecule has 0 spiro atoms. The van der Waals surface area contributed by atoms with Crippen molar-refractivity contribution < 1.29 is 17.9 Å². The van der Waals surface area contributed by atoms with E-state index in [0.29, 0.717) is 23.6 Å². The summed E-state index contributed by atoms with van der Waals surface area (Å²) in [5.41, 5.74) is 2.75. The molecule has 3 rings (SSSR count). The van der Waals surface area contributed by atoms with Crippen molar-refractivity contribution in [1.82, 2.24) is 4.98 Å². The number of aromatic nitrogens is 1. The summed E-state index contributed by atoms with van der Waals surface area (Å²) in [7, 11) is 0. The Morgan fingerprint density at radius 2 is 1.82 bits per heavy atom. The average molecular weight is 392 g/mol. The molecule has 1 fully saturated rings. The van der Waals surface area contributed by atoms with Crippen LogP contribution in [0, 0.1) is 5.41 Å². The van der Waals surface area contributed by atoms with Gasteiger partial charge in [-0.3, -0.25) is 0 Å². The summed E-state index contributed by atoms with van der Waals surface area (Å²) >= 11 is 0. The first kappa shape index (κ1) is 20.0. The molecular formula is C20H23F3N4O. The van der Waals surface area contributed by atoms with Gasteiger partial charge < -0.3 is 20.4 Å². The fourth-order valence-corrected chi connectivity index (χ4v) is 3.30. The van der Waals surface area contributed by atoms with E-state index in [-0.39, 0.29) is 5.75 Å². The minimum atomic E-state index is -4.72. The van der Waals surface area contributed by atoms with E-state index in [1.807, 2.05) is 13.0 Å². The van der Waals surface area contributed by atoms with Crippen LogP contribution in [-0.4, -0.2) is 30.1 Å². The zero-order valence-corrected chi connectivity index (χ0v) is 15.6. The predicted molar refractivity (Wildman–Crippen MR) is 104 cm³/mol. The first-order chi connectivity index (χ1) is 13.4. The number of hydrogen-bond acceptors (Lipinski definition) is 5. The molecule has 1 aliphatic rings. The fourth-order valence-electron chi connectivity index (χ4n) is 3.30. The molecule has 0 aliphatic carbocycles. The van der Waals surface area contributed by atoms with E-state index in [2.05, 4.69) is 19.9 Å². The molecule has 1 aliphatic heterocycles. The molecule has 0 atom stereocenters. The maximum atomic E-state index is 12.3. The van der Waals surface area contributed by atoms with E-state index in [0.717, 1.165) is 37.2 Å². The normalized spacial score (nSPS) is 14.6. The Kier molecular flexibility index (Phi) is 6.06. The highest BCUT2D eigenvalue weighted by atomic mass is 19.4. The molecule has 0 saturated carbocycles. The molecule has 28 heavy (non-hydrogen) atoms. The molecule has 0 unspecified atom stereocenters. The van der Waals surface area contributed by atoms with Crippen molar-refractivity contribution in [2.24, 2.45) is 0 Å². The van der Waals surface area contributed by atoms with E-state index < -0.39 is 6.36 Å². The van der Waals surface area contributed by atoms with Crippen LogP contribution < -0.4 is 15.0 Å². The van der Waals surface area contributed by atoms with Gasteiger partial charge in [-0.15, -0.1) is 13.2 Å². The van der Waals surface area contributed by atoms with Crippen LogP contribution in [0.25, 0.3) is 0 Å². The smallest absolute Gasteiger partial charge is 0.406 e. The van der Waals surface area contributed by atoms with E-state index in [4.69, 9.17) is 5.41 Å². The van der Waals surface area contributed by atoms with Crippen LogP contribution in [0.1, 0.15) is 38.2 Å². The second-order valence-corrected chi connectivity index (χ2v) is 6.63. The van der Waals surface area contributed by atoms with Crippen molar-refractivity contribution in [1.29, 1.82) is 5.41 Å². The number of nitrogens with zero attached hydrogens (tertiary/aromatic N) is 2. The third kappa shape index (κ3) is 4.94. The molecule has 2 N–H and O–H groups in total. The Morgan fingerprint density at radius 3 is 2.43 bits per heavy atom. The highest BCUT2D eigenvalue weighted by Crippen LogP contribution is 2.32. The molecule has 0 amide bonds. The van der Waals surface area contributed by atoms with Gasteiger partial charge in [-0.25, -0.2) is 4.98 Å². The summed E-state index contributed by atoms with van der Waals surface area (Å²) in [4.78, 5) is 6.66. The van der Waals surface area contributed by atoms with Gasteiger partial charge in [0.25, 0.3) is 0 Å². The van der Waals surface area contributed by atoms with Crippen molar-refractivity contribution in [2.45, 2.75) is 39.0 Å². The van der Waals surface area contributed by atoms with Gasteiger partial charge >= 0.3 is 6.36 Å². The van der Waals surface area contributed by atoms with Crippen molar-refractivity contribution in [3.05, 3.63) is 42.1 Å². The van der Waals surface area contributed by atoms with Gasteiger partial charge in [-0.1, -0.05) is 6.92 Å². The largest absolute Gasteiger partial charge is 0.573 e. The van der Waals surface area contributed by atoms with Crippen LogP contribution in [0.2, 0.25) is 0 Å². The van der Waals surface area contributed by atoms with Gasteiger partial charge in [0, 0.05) is 30.7 Å². The highest BCUT2D eigenvalue weighted by Gasteiger charge is 2.31. The van der Waals surface area contributed by atoms with Crippen molar-refractivity contribution in [2.75, 3.05) is 23.3 Å². The van der Waals surface area contributed by atoms with Crippen LogP contribution in [0.4, 0.5) is 30.4 Å². The lowest BCUT2D eigenvalue weighted by Gasteiger charge is -2.31. The summed E-state index contributed by atoms with van der Waals surface area (Å²) in [6, 6.07) is 7.41. The molecule has 5 nitrogen and oxygen atoms in total. The number of pyridine rings is 1. The number of benzene rings is 1. The van der Waals surface area contributed by atoms with Gasteiger partial charge in [0.05, 0.1) is 11.3 Å². The maximum Gasteiger partial charge on any atom is 0.573 e. The number of nitrogens with one attached hydrogen (secondary N) is 2. The van der Waals surface area contributed by atoms with E-state index in [9.17, 15) is 13.2 Å². The quantitative estimate of drug-likeness (QED) is 0.638. The van der Waals surface area contributed by atoms with E-state index in [1.165, 1.54) is 30.7 Å². The molecule has 8 heteroatoms. The first-order valence-corrected chi connectivity index (χ1v) is 9.32. The molecule has 1 saturated heterocycles. The Balaban J connectivity index is 1.87. The van der Waals surface area contributed by atoms with Gasteiger partial charge in [0.15, 0.2) is 0 Å². The van der Waals surface area contributed by atoms with Crippen LogP contribution in [0.3, 0.4) is 0 Å². The second-order valence-electron chi connectivity index (χ2n) is 6.63. The number of hydrogen-bond donors (Lipinski definition) is 2. The zero-order valence-electron chi connectivity index (χ0n) is 15.6. The number of halogens is 3. The number of rotatable bonds is 6. The van der Waals surface area contributed by atoms with Crippen LogP contribution in [0.15, 0.2) is 36.5 Å². The van der Waals surface area contributed by atoms with Gasteiger partial charge in [-0.05, 0) is 56.0 Å². The summed E-state index contributed by atoms with van der Waals surface area (Å²) in [5.74, 6) is 0.244. The van der Waals surface area contributed by atoms with E-state index >= 15 is 0 Å². The van der Waals surface area contributed by atoms with Crippen LogP contribution in [0.5, 0.6) is 5.75 Å². The second kappa shape index (κ2) is 8.50. The number of piperidine rings is 1. The summed E-state index contributed by atoms with van der Waals surface area (Å²) in [5, 5.41) is 11.6. The average Bonchev–Trinajstić information content (AvgIpc) is 2.68. The van der Waals surface area contributed by atoms with Crippen molar-refractivity contribution in [3.8, 4) is 5.75 Å². The molecule has 0 radical (unpaired) electrons. The monoisotopic (exact) mass is 392 g/mol. The number of alkyl halides is 3. The lowest BCUT2D eigenvalue weighted by Crippen LogP contribution is -2.31. The maximum absolute atomic E-state index is 12.3. The molecular weight excluding hydrogens is 369 g/mol. The van der Waals surface area contributed by atoms with Crippen molar-refractivity contribution >= 4 is 22.9 Å². The summed E-state index contributed by atoms with van der Waals surface area (Å²) in [6.07, 6.45) is 0.969. The Hall–Kier alpha value is -2.77. The van der Waals surface area contributed by atoms with Crippen LogP contribution in [-0.2, 0) is 0 Å². The standard InChI is InChI=1S/C20H23F3N4O/c1-2-16(24)18-17(27-12-4-3-5-13-27)10-11-25-19(18)26-14-6-8-15(9-7-14)28-20(21,22)23/h6-11,24H,2-5,12-13H2,1H3,(H,25,26). The molecule has 1 aromatic heterocycles. The first-order valence-electron chi connectivity index (χ1n) is 9.32. The van der Waals surface area contributed by atoms with Gasteiger partial charge in [0.1, 0.15) is 11.6 Å². The fraction of sp³-hybridized carbons (Fsp3) is 0.400. The number of anilines is 3. The SMILES string of the molecule is CCC(=N)c1c(N2CCCCC2)ccnc1Nc1ccc(OC(F)(F)F)cc1. The molecule has 1 aromatic carbocycles. The van der Waals surface area contributed by atoms with Crippen LogP contribution >= 0.6 is 0 Å². The molecule has 2 heterocycles. The van der Waals surface area contributed by atoms with Crippen molar-refractivity contribution in [3.63, 3.8) is 0 Å². The minimum Gasteiger partial charge on any atom is -0.406 e. The topological polar surface area (TPSA) is 61.2 Å². The third-order valence-electron chi connectivity index (χ3n) is 4.63. The third-order valence-corrected chi connectivity index (χ3v) is 4.63. The highest BCUT2D eigenvalue weighted by molar-refractivity contribution is 6.07. The molecule has 0 bridgehead atoms. The lowest BCUT2D eigenvalue weighted by atomic mass is 10.0. The Bertz CT molecular complexity index is 815. The lowest BCUT2D eigenvalue weighted by molar-refractivity contribution is -0.274. The minimum absolute atomic E-state index is 0.283.